The molecule has 2 aliphatic carbocycles. The molecule has 0 bridgehead atoms. The molecule has 5 heteroatoms. The first-order chi connectivity index (χ1) is 8.09. The minimum atomic E-state index is -0.492. The second kappa shape index (κ2) is 3.48. The maximum Gasteiger partial charge on any atom is 0.331 e. The lowest BCUT2D eigenvalue weighted by atomic mass is 10.1. The zero-order valence-corrected chi connectivity index (χ0v) is 9.77. The van der Waals surface area contributed by atoms with E-state index in [9.17, 15) is 14.7 Å². The normalized spacial score (nSPS) is 19.9. The molecule has 2 saturated carbocycles. The van der Waals surface area contributed by atoms with E-state index in [0.29, 0.717) is 11.8 Å². The maximum atomic E-state index is 11.9. The van der Waals surface area contributed by atoms with Crippen LogP contribution in [-0.2, 0) is 0 Å². The molecule has 0 aromatic carbocycles. The first-order valence-electron chi connectivity index (χ1n) is 6.14. The second-order valence-electron chi connectivity index (χ2n) is 5.24. The smallest absolute Gasteiger partial charge is 0.331 e. The highest BCUT2D eigenvalue weighted by molar-refractivity contribution is 5.22. The number of aromatic amines is 1. The number of hydrogen-bond donors (Lipinski definition) is 2. The van der Waals surface area contributed by atoms with Crippen LogP contribution in [0.25, 0.3) is 0 Å². The fourth-order valence-corrected chi connectivity index (χ4v) is 2.59. The molecule has 17 heavy (non-hydrogen) atoms. The molecule has 0 aliphatic heterocycles. The predicted molar refractivity (Wildman–Crippen MR) is 62.2 cm³/mol. The van der Waals surface area contributed by atoms with Gasteiger partial charge in [0.25, 0.3) is 5.56 Å². The molecule has 0 spiro atoms. The lowest BCUT2D eigenvalue weighted by Gasteiger charge is -2.20. The summed E-state index contributed by atoms with van der Waals surface area (Å²) in [5, 5.41) is 10.0. The summed E-state index contributed by atoms with van der Waals surface area (Å²) >= 11 is 0. The lowest BCUT2D eigenvalue weighted by molar-refractivity contribution is 0.311. The third kappa shape index (κ3) is 1.69. The summed E-state index contributed by atoms with van der Waals surface area (Å²) in [6.45, 7) is 1.54. The number of nitrogens with zero attached hydrogens (tertiary/aromatic N) is 1. The molecule has 92 valence electrons. The fraction of sp³-hybridized carbons (Fsp3) is 0.667. The van der Waals surface area contributed by atoms with Crippen LogP contribution in [0.5, 0.6) is 5.88 Å². The Morgan fingerprint density at radius 2 is 1.76 bits per heavy atom. The van der Waals surface area contributed by atoms with Gasteiger partial charge in [-0.15, -0.1) is 0 Å². The molecule has 0 atom stereocenters. The van der Waals surface area contributed by atoms with Crippen LogP contribution in [-0.4, -0.2) is 14.7 Å². The summed E-state index contributed by atoms with van der Waals surface area (Å²) < 4.78 is 1.41. The molecule has 0 amide bonds. The van der Waals surface area contributed by atoms with Gasteiger partial charge < -0.3 is 5.11 Å². The van der Waals surface area contributed by atoms with Crippen LogP contribution < -0.4 is 11.2 Å². The summed E-state index contributed by atoms with van der Waals surface area (Å²) in [4.78, 5) is 25.5. The Bertz CT molecular complexity index is 552. The van der Waals surface area contributed by atoms with Gasteiger partial charge in [0.1, 0.15) is 0 Å². The van der Waals surface area contributed by atoms with E-state index >= 15 is 0 Å². The Morgan fingerprint density at radius 3 is 2.24 bits per heavy atom. The van der Waals surface area contributed by atoms with Crippen molar-refractivity contribution in [3.8, 4) is 5.88 Å². The van der Waals surface area contributed by atoms with E-state index in [4.69, 9.17) is 0 Å². The quantitative estimate of drug-likeness (QED) is 0.819. The number of hydrogen-bond acceptors (Lipinski definition) is 3. The number of H-pyrrole nitrogens is 1. The molecule has 1 heterocycles. The van der Waals surface area contributed by atoms with Crippen molar-refractivity contribution in [2.24, 2.45) is 11.8 Å². The molecule has 3 rings (SSSR count). The standard InChI is InChI=1S/C12H16N2O3/c1-6-10(15)13-12(17)14(11(6)16)9(7-2-3-7)8-4-5-8/h7-9,16H,2-5H2,1H3,(H,13,15,17). The topological polar surface area (TPSA) is 75.1 Å². The molecular weight excluding hydrogens is 220 g/mol. The van der Waals surface area contributed by atoms with Crippen LogP contribution in [0.2, 0.25) is 0 Å². The van der Waals surface area contributed by atoms with Crippen molar-refractivity contribution < 1.29 is 5.11 Å². The molecule has 5 nitrogen and oxygen atoms in total. The van der Waals surface area contributed by atoms with E-state index in [0.717, 1.165) is 25.7 Å². The summed E-state index contributed by atoms with van der Waals surface area (Å²) in [6, 6.07) is 0.0815. The van der Waals surface area contributed by atoms with Crippen LogP contribution in [0.15, 0.2) is 9.59 Å². The van der Waals surface area contributed by atoms with E-state index in [-0.39, 0.29) is 17.5 Å². The first-order valence-corrected chi connectivity index (χ1v) is 6.14. The Labute approximate surface area is 98.1 Å². The van der Waals surface area contributed by atoms with Gasteiger partial charge in [-0.2, -0.15) is 0 Å². The average molecular weight is 236 g/mol. The number of aromatic nitrogens is 2. The molecule has 1 aromatic rings. The molecule has 0 unspecified atom stereocenters. The molecule has 2 aliphatic rings. The highest BCUT2D eigenvalue weighted by atomic mass is 16.3. The third-order valence-electron chi connectivity index (χ3n) is 3.85. The highest BCUT2D eigenvalue weighted by Crippen LogP contribution is 2.52. The maximum absolute atomic E-state index is 11.9. The zero-order chi connectivity index (χ0) is 12.2. The summed E-state index contributed by atoms with van der Waals surface area (Å²) in [7, 11) is 0. The van der Waals surface area contributed by atoms with E-state index in [1.54, 1.807) is 6.92 Å². The van der Waals surface area contributed by atoms with Gasteiger partial charge in [-0.3, -0.25) is 14.3 Å². The van der Waals surface area contributed by atoms with E-state index in [2.05, 4.69) is 4.98 Å². The van der Waals surface area contributed by atoms with Crippen molar-refractivity contribution in [3.05, 3.63) is 26.4 Å². The van der Waals surface area contributed by atoms with Crippen molar-refractivity contribution in [2.75, 3.05) is 0 Å². The summed E-state index contributed by atoms with van der Waals surface area (Å²) in [6.07, 6.45) is 4.47. The Balaban J connectivity index is 2.15. The molecular formula is C12H16N2O3. The van der Waals surface area contributed by atoms with E-state index in [1.807, 2.05) is 0 Å². The highest BCUT2D eigenvalue weighted by Gasteiger charge is 2.44. The van der Waals surface area contributed by atoms with Crippen LogP contribution >= 0.6 is 0 Å². The summed E-state index contributed by atoms with van der Waals surface area (Å²) in [5.41, 5.74) is -0.730. The minimum Gasteiger partial charge on any atom is -0.494 e. The van der Waals surface area contributed by atoms with Gasteiger partial charge in [-0.05, 0) is 44.4 Å². The zero-order valence-electron chi connectivity index (χ0n) is 9.77. The van der Waals surface area contributed by atoms with Gasteiger partial charge in [-0.25, -0.2) is 4.79 Å². The van der Waals surface area contributed by atoms with Crippen LogP contribution in [0.3, 0.4) is 0 Å². The minimum absolute atomic E-state index is 0.0815. The monoisotopic (exact) mass is 236 g/mol. The van der Waals surface area contributed by atoms with Crippen molar-refractivity contribution in [1.29, 1.82) is 0 Å². The van der Waals surface area contributed by atoms with Gasteiger partial charge >= 0.3 is 5.69 Å². The summed E-state index contributed by atoms with van der Waals surface area (Å²) in [5.74, 6) is 0.843. The van der Waals surface area contributed by atoms with Crippen LogP contribution in [0.4, 0.5) is 0 Å². The van der Waals surface area contributed by atoms with E-state index in [1.165, 1.54) is 4.57 Å². The molecule has 0 saturated heterocycles. The SMILES string of the molecule is Cc1c(O)n(C(C2CC2)C2CC2)c(=O)[nH]c1=O. The number of aromatic hydroxyl groups is 1. The van der Waals surface area contributed by atoms with Crippen molar-refractivity contribution in [3.63, 3.8) is 0 Å². The van der Waals surface area contributed by atoms with Crippen LogP contribution in [0.1, 0.15) is 37.3 Å². The number of rotatable bonds is 3. The molecule has 2 N–H and O–H groups in total. The fourth-order valence-electron chi connectivity index (χ4n) is 2.59. The second-order valence-corrected chi connectivity index (χ2v) is 5.24. The largest absolute Gasteiger partial charge is 0.494 e. The first kappa shape index (κ1) is 10.6. The molecule has 1 aromatic heterocycles. The van der Waals surface area contributed by atoms with Gasteiger partial charge in [0, 0.05) is 6.04 Å². The predicted octanol–water partition coefficient (Wildman–Crippen LogP) is 0.912. The number of nitrogens with one attached hydrogen (secondary N) is 1. The Morgan fingerprint density at radius 1 is 1.24 bits per heavy atom. The van der Waals surface area contributed by atoms with Gasteiger partial charge in [0.2, 0.25) is 5.88 Å². The average Bonchev–Trinajstić information content (AvgIpc) is 3.14. The van der Waals surface area contributed by atoms with Crippen molar-refractivity contribution >= 4 is 0 Å². The van der Waals surface area contributed by atoms with Gasteiger partial charge in [0.15, 0.2) is 0 Å². The molecule has 0 radical (unpaired) electrons. The van der Waals surface area contributed by atoms with Crippen molar-refractivity contribution in [2.45, 2.75) is 38.6 Å². The Kier molecular flexibility index (Phi) is 2.18. The van der Waals surface area contributed by atoms with Crippen molar-refractivity contribution in [1.82, 2.24) is 9.55 Å². The van der Waals surface area contributed by atoms with Crippen LogP contribution in [0, 0.1) is 18.8 Å². The van der Waals surface area contributed by atoms with Gasteiger partial charge in [-0.1, -0.05) is 0 Å². The van der Waals surface area contributed by atoms with Gasteiger partial charge in [0.05, 0.1) is 5.56 Å². The van der Waals surface area contributed by atoms with E-state index < -0.39 is 11.2 Å². The Hall–Kier alpha value is -1.52. The third-order valence-corrected chi connectivity index (χ3v) is 3.85. The lowest BCUT2D eigenvalue weighted by Crippen LogP contribution is -2.35. The molecule has 2 fully saturated rings.